The van der Waals surface area contributed by atoms with Gasteiger partial charge in [0.1, 0.15) is 5.82 Å². The van der Waals surface area contributed by atoms with Gasteiger partial charge in [-0.3, -0.25) is 0 Å². The van der Waals surface area contributed by atoms with E-state index in [2.05, 4.69) is 55.2 Å². The van der Waals surface area contributed by atoms with Gasteiger partial charge in [0.15, 0.2) is 0 Å². The number of hydrogen-bond acceptors (Lipinski definition) is 4. The number of nitrogens with zero attached hydrogens (tertiary/aromatic N) is 2. The summed E-state index contributed by atoms with van der Waals surface area (Å²) in [6.07, 6.45) is 4.42. The third kappa shape index (κ3) is 3.49. The molecule has 0 saturated carbocycles. The second kappa shape index (κ2) is 7.04. The Morgan fingerprint density at radius 2 is 2.35 bits per heavy atom. The largest absolute Gasteiger partial charge is 0.376 e. The van der Waals surface area contributed by atoms with Crippen LogP contribution in [0.1, 0.15) is 45.2 Å². The molecule has 0 bridgehead atoms. The van der Waals surface area contributed by atoms with Crippen LogP contribution in [0.25, 0.3) is 0 Å². The number of rotatable bonds is 6. The van der Waals surface area contributed by atoms with E-state index in [9.17, 15) is 0 Å². The summed E-state index contributed by atoms with van der Waals surface area (Å²) >= 11 is 0. The van der Waals surface area contributed by atoms with Gasteiger partial charge in [0.25, 0.3) is 0 Å². The number of hydrogen-bond donors (Lipinski definition) is 1. The molecule has 1 aromatic rings. The Kier molecular flexibility index (Phi) is 5.38. The van der Waals surface area contributed by atoms with Crippen LogP contribution in [0.2, 0.25) is 0 Å². The number of pyridine rings is 1. The molecule has 0 spiro atoms. The van der Waals surface area contributed by atoms with E-state index in [1.807, 2.05) is 6.20 Å². The first-order chi connectivity index (χ1) is 9.63. The highest BCUT2D eigenvalue weighted by atomic mass is 16.5. The molecule has 4 heteroatoms. The van der Waals surface area contributed by atoms with Crippen LogP contribution in [0, 0.1) is 0 Å². The summed E-state index contributed by atoms with van der Waals surface area (Å²) in [5.41, 5.74) is 1.29. The van der Waals surface area contributed by atoms with Crippen molar-refractivity contribution in [3.05, 3.63) is 23.9 Å². The molecule has 3 atom stereocenters. The molecule has 1 fully saturated rings. The van der Waals surface area contributed by atoms with Crippen molar-refractivity contribution in [1.29, 1.82) is 0 Å². The fourth-order valence-electron chi connectivity index (χ4n) is 2.77. The number of anilines is 1. The van der Waals surface area contributed by atoms with Crippen LogP contribution in [0.4, 0.5) is 5.82 Å². The number of aromatic nitrogens is 1. The van der Waals surface area contributed by atoms with Crippen LogP contribution >= 0.6 is 0 Å². The Hall–Kier alpha value is -1.13. The summed E-state index contributed by atoms with van der Waals surface area (Å²) in [5, 5.41) is 3.52. The first kappa shape index (κ1) is 15.3. The second-order valence-electron chi connectivity index (χ2n) is 5.67. The van der Waals surface area contributed by atoms with Gasteiger partial charge in [-0.15, -0.1) is 0 Å². The Labute approximate surface area is 122 Å². The smallest absolute Gasteiger partial charge is 0.128 e. The molecule has 20 heavy (non-hydrogen) atoms. The van der Waals surface area contributed by atoms with Gasteiger partial charge < -0.3 is 15.0 Å². The lowest BCUT2D eigenvalue weighted by Gasteiger charge is -2.28. The van der Waals surface area contributed by atoms with E-state index >= 15 is 0 Å². The van der Waals surface area contributed by atoms with E-state index in [4.69, 9.17) is 4.74 Å². The normalized spacial score (nSPS) is 23.8. The van der Waals surface area contributed by atoms with E-state index in [0.29, 0.717) is 12.1 Å². The first-order valence-electron chi connectivity index (χ1n) is 7.67. The van der Waals surface area contributed by atoms with Crippen molar-refractivity contribution in [2.45, 2.75) is 51.8 Å². The Morgan fingerprint density at radius 3 is 3.00 bits per heavy atom. The molecule has 0 aromatic carbocycles. The van der Waals surface area contributed by atoms with Crippen LogP contribution in [-0.2, 0) is 4.74 Å². The Morgan fingerprint density at radius 1 is 1.55 bits per heavy atom. The first-order valence-corrected chi connectivity index (χ1v) is 7.67. The molecule has 4 nitrogen and oxygen atoms in total. The third-order valence-corrected chi connectivity index (χ3v) is 4.17. The average Bonchev–Trinajstić information content (AvgIpc) is 2.90. The molecule has 0 radical (unpaired) electrons. The summed E-state index contributed by atoms with van der Waals surface area (Å²) in [4.78, 5) is 6.78. The maximum atomic E-state index is 5.66. The molecule has 1 aliphatic heterocycles. The Bertz CT molecular complexity index is 424. The van der Waals surface area contributed by atoms with E-state index in [1.165, 1.54) is 5.56 Å². The van der Waals surface area contributed by atoms with E-state index < -0.39 is 0 Å². The van der Waals surface area contributed by atoms with Gasteiger partial charge >= 0.3 is 0 Å². The lowest BCUT2D eigenvalue weighted by Crippen LogP contribution is -2.37. The summed E-state index contributed by atoms with van der Waals surface area (Å²) in [5.74, 6) is 1.04. The topological polar surface area (TPSA) is 37.4 Å². The maximum absolute atomic E-state index is 5.66. The SMILES string of the molecule is CCCNC(C)c1ccnc(N(C)C2CCOC2C)c1. The number of ether oxygens (including phenoxy) is 1. The molecule has 1 aromatic heterocycles. The van der Waals surface area contributed by atoms with Crippen LogP contribution in [0.15, 0.2) is 18.3 Å². The summed E-state index contributed by atoms with van der Waals surface area (Å²) < 4.78 is 5.66. The molecule has 1 N–H and O–H groups in total. The van der Waals surface area contributed by atoms with Crippen molar-refractivity contribution in [2.24, 2.45) is 0 Å². The van der Waals surface area contributed by atoms with Gasteiger partial charge in [0.2, 0.25) is 0 Å². The monoisotopic (exact) mass is 277 g/mol. The van der Waals surface area contributed by atoms with Crippen LogP contribution in [0.3, 0.4) is 0 Å². The van der Waals surface area contributed by atoms with Crippen LogP contribution < -0.4 is 10.2 Å². The van der Waals surface area contributed by atoms with Crippen molar-refractivity contribution in [3.8, 4) is 0 Å². The summed E-state index contributed by atoms with van der Waals surface area (Å²) in [7, 11) is 2.12. The van der Waals surface area contributed by atoms with Crippen molar-refractivity contribution < 1.29 is 4.74 Å². The fourth-order valence-corrected chi connectivity index (χ4v) is 2.77. The number of nitrogens with one attached hydrogen (secondary N) is 1. The zero-order valence-corrected chi connectivity index (χ0v) is 13.1. The molecule has 112 valence electrons. The highest BCUT2D eigenvalue weighted by Crippen LogP contribution is 2.24. The maximum Gasteiger partial charge on any atom is 0.128 e. The van der Waals surface area contributed by atoms with Gasteiger partial charge in [0.05, 0.1) is 12.1 Å². The summed E-state index contributed by atoms with van der Waals surface area (Å²) in [6.45, 7) is 8.43. The second-order valence-corrected chi connectivity index (χ2v) is 5.67. The van der Waals surface area contributed by atoms with E-state index in [-0.39, 0.29) is 6.10 Å². The molecule has 1 aliphatic rings. The van der Waals surface area contributed by atoms with Gasteiger partial charge in [0, 0.05) is 25.9 Å². The van der Waals surface area contributed by atoms with Crippen molar-refractivity contribution >= 4 is 5.82 Å². The van der Waals surface area contributed by atoms with Crippen molar-refractivity contribution in [3.63, 3.8) is 0 Å². The van der Waals surface area contributed by atoms with Crippen LogP contribution in [-0.4, -0.2) is 37.3 Å². The minimum absolute atomic E-state index is 0.279. The van der Waals surface area contributed by atoms with Gasteiger partial charge in [-0.1, -0.05) is 6.92 Å². The lowest BCUT2D eigenvalue weighted by atomic mass is 10.1. The molecule has 3 unspecified atom stereocenters. The zero-order valence-electron chi connectivity index (χ0n) is 13.1. The highest BCUT2D eigenvalue weighted by molar-refractivity contribution is 5.42. The predicted molar refractivity (Wildman–Crippen MR) is 83.2 cm³/mol. The van der Waals surface area contributed by atoms with Crippen molar-refractivity contribution in [2.75, 3.05) is 25.1 Å². The van der Waals surface area contributed by atoms with E-state index in [1.54, 1.807) is 0 Å². The molecular formula is C16H27N3O. The van der Waals surface area contributed by atoms with Crippen molar-refractivity contribution in [1.82, 2.24) is 10.3 Å². The minimum atomic E-state index is 0.279. The van der Waals surface area contributed by atoms with Gasteiger partial charge in [-0.05, 0) is 50.9 Å². The highest BCUT2D eigenvalue weighted by Gasteiger charge is 2.28. The molecule has 0 aliphatic carbocycles. The Balaban J connectivity index is 2.08. The van der Waals surface area contributed by atoms with Gasteiger partial charge in [-0.2, -0.15) is 0 Å². The quantitative estimate of drug-likeness (QED) is 0.867. The molecular weight excluding hydrogens is 250 g/mol. The van der Waals surface area contributed by atoms with Crippen LogP contribution in [0.5, 0.6) is 0 Å². The van der Waals surface area contributed by atoms with E-state index in [0.717, 1.165) is 31.8 Å². The zero-order chi connectivity index (χ0) is 14.5. The van der Waals surface area contributed by atoms with Gasteiger partial charge in [-0.25, -0.2) is 4.98 Å². The fraction of sp³-hybridized carbons (Fsp3) is 0.688. The third-order valence-electron chi connectivity index (χ3n) is 4.17. The molecule has 2 rings (SSSR count). The average molecular weight is 277 g/mol. The molecule has 0 amide bonds. The molecule has 2 heterocycles. The summed E-state index contributed by atoms with van der Waals surface area (Å²) in [6, 6.07) is 5.08. The lowest BCUT2D eigenvalue weighted by molar-refractivity contribution is 0.118. The molecule has 1 saturated heterocycles. The number of likely N-dealkylation sites (N-methyl/N-ethyl adjacent to an activating group) is 1. The standard InChI is InChI=1S/C16H27N3O/c1-5-8-17-12(2)14-6-9-18-16(11-14)19(4)15-7-10-20-13(15)3/h6,9,11-13,15,17H,5,7-8,10H2,1-4H3. The predicted octanol–water partition coefficient (Wildman–Crippen LogP) is 2.76. The minimum Gasteiger partial charge on any atom is -0.376 e.